The SMILES string of the molecule is CN=C(NCCCc1ccc(Cl)cc1Cl)N1CCS(=O)(=O)C(C)(C)C1. The Labute approximate surface area is 160 Å². The normalized spacial score (nSPS) is 19.7. The van der Waals surface area contributed by atoms with Gasteiger partial charge in [-0.05, 0) is 44.4 Å². The largest absolute Gasteiger partial charge is 0.356 e. The predicted octanol–water partition coefficient (Wildman–Crippen LogP) is 3.01. The van der Waals surface area contributed by atoms with Crippen LogP contribution in [-0.2, 0) is 16.3 Å². The van der Waals surface area contributed by atoms with Crippen LogP contribution < -0.4 is 5.32 Å². The number of aryl methyl sites for hydroxylation is 1. The zero-order chi connectivity index (χ0) is 18.7. The molecular formula is C17H25Cl2N3O2S. The van der Waals surface area contributed by atoms with Crippen molar-refractivity contribution in [3.05, 3.63) is 33.8 Å². The van der Waals surface area contributed by atoms with Crippen LogP contribution in [0.4, 0.5) is 0 Å². The second-order valence-corrected chi connectivity index (χ2v) is 10.4. The van der Waals surface area contributed by atoms with E-state index in [0.29, 0.717) is 23.1 Å². The quantitative estimate of drug-likeness (QED) is 0.475. The molecule has 0 atom stereocenters. The predicted molar refractivity (Wildman–Crippen MR) is 106 cm³/mol. The molecular weight excluding hydrogens is 381 g/mol. The topological polar surface area (TPSA) is 61.8 Å². The third-order valence-electron chi connectivity index (χ3n) is 4.48. The summed E-state index contributed by atoms with van der Waals surface area (Å²) in [6, 6.07) is 5.53. The van der Waals surface area contributed by atoms with Crippen molar-refractivity contribution in [1.29, 1.82) is 0 Å². The molecule has 1 N–H and O–H groups in total. The van der Waals surface area contributed by atoms with Gasteiger partial charge in [0.25, 0.3) is 0 Å². The summed E-state index contributed by atoms with van der Waals surface area (Å²) in [6.45, 7) is 5.18. The number of hydrogen-bond acceptors (Lipinski definition) is 3. The molecule has 0 bridgehead atoms. The maximum Gasteiger partial charge on any atom is 0.193 e. The van der Waals surface area contributed by atoms with E-state index in [9.17, 15) is 8.42 Å². The summed E-state index contributed by atoms with van der Waals surface area (Å²) < 4.78 is 23.5. The molecule has 0 aliphatic carbocycles. The van der Waals surface area contributed by atoms with Gasteiger partial charge >= 0.3 is 0 Å². The van der Waals surface area contributed by atoms with E-state index in [1.807, 2.05) is 17.0 Å². The first-order chi connectivity index (χ1) is 11.7. The van der Waals surface area contributed by atoms with E-state index in [1.165, 1.54) is 0 Å². The molecule has 8 heteroatoms. The Bertz CT molecular complexity index is 748. The molecule has 140 valence electrons. The summed E-state index contributed by atoms with van der Waals surface area (Å²) in [5.74, 6) is 0.895. The fourth-order valence-electron chi connectivity index (χ4n) is 2.86. The summed E-state index contributed by atoms with van der Waals surface area (Å²) in [7, 11) is -1.34. The highest BCUT2D eigenvalue weighted by molar-refractivity contribution is 7.92. The number of benzene rings is 1. The van der Waals surface area contributed by atoms with Crippen LogP contribution in [0.3, 0.4) is 0 Å². The lowest BCUT2D eigenvalue weighted by Gasteiger charge is -2.39. The fourth-order valence-corrected chi connectivity index (χ4v) is 4.73. The summed E-state index contributed by atoms with van der Waals surface area (Å²) in [4.78, 5) is 6.30. The highest BCUT2D eigenvalue weighted by Crippen LogP contribution is 2.24. The Hall–Kier alpha value is -0.980. The molecule has 0 saturated carbocycles. The minimum atomic E-state index is -3.06. The Balaban J connectivity index is 1.87. The van der Waals surface area contributed by atoms with Crippen LogP contribution in [0.25, 0.3) is 0 Å². The minimum absolute atomic E-state index is 0.154. The highest BCUT2D eigenvalue weighted by atomic mass is 35.5. The lowest BCUT2D eigenvalue weighted by atomic mass is 10.1. The molecule has 25 heavy (non-hydrogen) atoms. The summed E-state index contributed by atoms with van der Waals surface area (Å²) in [5.41, 5.74) is 1.06. The maximum atomic E-state index is 12.1. The second kappa shape index (κ2) is 8.14. The van der Waals surface area contributed by atoms with Gasteiger partial charge in [0.2, 0.25) is 0 Å². The van der Waals surface area contributed by atoms with E-state index in [-0.39, 0.29) is 5.75 Å². The van der Waals surface area contributed by atoms with Gasteiger partial charge in [0, 0.05) is 36.7 Å². The summed E-state index contributed by atoms with van der Waals surface area (Å²) in [6.07, 6.45) is 1.72. The van der Waals surface area contributed by atoms with Gasteiger partial charge in [0.1, 0.15) is 0 Å². The zero-order valence-corrected chi connectivity index (χ0v) is 17.2. The standard InChI is InChI=1S/C17H25Cl2N3O2S/c1-17(2)12-22(9-10-25(17,23)24)16(20-3)21-8-4-5-13-6-7-14(18)11-15(13)19/h6-7,11H,4-5,8-10,12H2,1-3H3,(H,20,21). The summed E-state index contributed by atoms with van der Waals surface area (Å²) >= 11 is 12.1. The van der Waals surface area contributed by atoms with Crippen LogP contribution in [0.1, 0.15) is 25.8 Å². The van der Waals surface area contributed by atoms with Crippen molar-refractivity contribution >= 4 is 39.0 Å². The molecule has 0 aromatic heterocycles. The van der Waals surface area contributed by atoms with E-state index < -0.39 is 14.6 Å². The van der Waals surface area contributed by atoms with E-state index in [1.54, 1.807) is 27.0 Å². The first kappa shape index (κ1) is 20.3. The summed E-state index contributed by atoms with van der Waals surface area (Å²) in [5, 5.41) is 4.63. The average Bonchev–Trinajstić information content (AvgIpc) is 2.52. The molecule has 1 aliphatic heterocycles. The van der Waals surface area contributed by atoms with Gasteiger partial charge in [0.15, 0.2) is 15.8 Å². The number of aliphatic imine (C=N–C) groups is 1. The molecule has 0 unspecified atom stereocenters. The van der Waals surface area contributed by atoms with Crippen LogP contribution in [0.2, 0.25) is 10.0 Å². The van der Waals surface area contributed by atoms with Crippen LogP contribution in [0.5, 0.6) is 0 Å². The molecule has 1 aliphatic rings. The van der Waals surface area contributed by atoms with Crippen molar-refractivity contribution in [2.24, 2.45) is 4.99 Å². The van der Waals surface area contributed by atoms with Crippen molar-refractivity contribution in [1.82, 2.24) is 10.2 Å². The smallest absolute Gasteiger partial charge is 0.193 e. The molecule has 1 aromatic rings. The number of guanidine groups is 1. The number of nitrogens with zero attached hydrogens (tertiary/aromatic N) is 2. The lowest BCUT2D eigenvalue weighted by Crippen LogP contribution is -2.57. The highest BCUT2D eigenvalue weighted by Gasteiger charge is 2.40. The minimum Gasteiger partial charge on any atom is -0.356 e. The van der Waals surface area contributed by atoms with Gasteiger partial charge in [-0.15, -0.1) is 0 Å². The van der Waals surface area contributed by atoms with Crippen LogP contribution in [-0.4, -0.2) is 56.5 Å². The molecule has 0 radical (unpaired) electrons. The van der Waals surface area contributed by atoms with E-state index >= 15 is 0 Å². The molecule has 1 heterocycles. The Morgan fingerprint density at radius 1 is 1.36 bits per heavy atom. The molecule has 1 fully saturated rings. The number of hydrogen-bond donors (Lipinski definition) is 1. The number of nitrogens with one attached hydrogen (secondary N) is 1. The molecule has 1 saturated heterocycles. The van der Waals surface area contributed by atoms with E-state index in [0.717, 1.165) is 30.9 Å². The molecule has 5 nitrogen and oxygen atoms in total. The van der Waals surface area contributed by atoms with Crippen molar-refractivity contribution in [3.8, 4) is 0 Å². The third kappa shape index (κ3) is 5.02. The number of rotatable bonds is 4. The third-order valence-corrected chi connectivity index (χ3v) is 7.60. The number of halogens is 2. The monoisotopic (exact) mass is 405 g/mol. The molecule has 2 rings (SSSR count). The number of sulfone groups is 1. The van der Waals surface area contributed by atoms with Crippen LogP contribution in [0.15, 0.2) is 23.2 Å². The van der Waals surface area contributed by atoms with E-state index in [4.69, 9.17) is 23.2 Å². The lowest BCUT2D eigenvalue weighted by molar-refractivity contribution is 0.353. The van der Waals surface area contributed by atoms with Crippen LogP contribution in [0, 0.1) is 0 Å². The molecule has 1 aromatic carbocycles. The van der Waals surface area contributed by atoms with Crippen molar-refractivity contribution in [2.75, 3.05) is 32.4 Å². The first-order valence-electron chi connectivity index (χ1n) is 8.28. The Morgan fingerprint density at radius 2 is 2.08 bits per heavy atom. The van der Waals surface area contributed by atoms with Crippen molar-refractivity contribution in [3.63, 3.8) is 0 Å². The first-order valence-corrected chi connectivity index (χ1v) is 10.7. The van der Waals surface area contributed by atoms with Gasteiger partial charge in [-0.3, -0.25) is 4.99 Å². The second-order valence-electron chi connectivity index (χ2n) is 6.81. The van der Waals surface area contributed by atoms with E-state index in [2.05, 4.69) is 10.3 Å². The Kier molecular flexibility index (Phi) is 6.62. The van der Waals surface area contributed by atoms with Gasteiger partial charge in [-0.2, -0.15) is 0 Å². The zero-order valence-electron chi connectivity index (χ0n) is 14.8. The van der Waals surface area contributed by atoms with Crippen LogP contribution >= 0.6 is 23.2 Å². The maximum absolute atomic E-state index is 12.1. The van der Waals surface area contributed by atoms with Gasteiger partial charge < -0.3 is 10.2 Å². The average molecular weight is 406 g/mol. The van der Waals surface area contributed by atoms with Crippen molar-refractivity contribution < 1.29 is 8.42 Å². The van der Waals surface area contributed by atoms with Gasteiger partial charge in [-0.25, -0.2) is 8.42 Å². The van der Waals surface area contributed by atoms with Gasteiger partial charge in [0.05, 0.1) is 10.5 Å². The molecule has 0 amide bonds. The molecule has 0 spiro atoms. The Morgan fingerprint density at radius 3 is 2.68 bits per heavy atom. The fraction of sp³-hybridized carbons (Fsp3) is 0.588. The van der Waals surface area contributed by atoms with Crippen molar-refractivity contribution in [2.45, 2.75) is 31.4 Å². The van der Waals surface area contributed by atoms with Gasteiger partial charge in [-0.1, -0.05) is 29.3 Å².